The molecular weight excluding hydrogens is 212 g/mol. The second kappa shape index (κ2) is 9.86. The molecule has 17 heavy (non-hydrogen) atoms. The summed E-state index contributed by atoms with van der Waals surface area (Å²) in [5, 5.41) is 3.50. The first-order chi connectivity index (χ1) is 8.29. The molecule has 0 atom stereocenters. The first kappa shape index (κ1) is 14.9. The smallest absolute Gasteiger partial charge is 0.0594 e. The number of rotatable bonds is 9. The largest absolute Gasteiger partial charge is 0.379 e. The zero-order chi connectivity index (χ0) is 12.3. The summed E-state index contributed by atoms with van der Waals surface area (Å²) >= 11 is 0. The summed E-state index contributed by atoms with van der Waals surface area (Å²) < 4.78 is 5.34. The van der Waals surface area contributed by atoms with Gasteiger partial charge in [-0.05, 0) is 38.4 Å². The van der Waals surface area contributed by atoms with Crippen molar-refractivity contribution in [2.24, 2.45) is 5.92 Å². The fraction of sp³-hybridized carbons (Fsp3) is 1.00. The molecule has 0 bridgehead atoms. The van der Waals surface area contributed by atoms with Gasteiger partial charge >= 0.3 is 0 Å². The van der Waals surface area contributed by atoms with Crippen LogP contribution >= 0.6 is 0 Å². The van der Waals surface area contributed by atoms with E-state index in [-0.39, 0.29) is 0 Å². The lowest BCUT2D eigenvalue weighted by Gasteiger charge is -2.26. The number of morpholine rings is 1. The van der Waals surface area contributed by atoms with E-state index in [1.165, 1.54) is 38.8 Å². The molecule has 0 unspecified atom stereocenters. The second-order valence-electron chi connectivity index (χ2n) is 5.47. The standard InChI is InChI=1S/C14H30N2O/c1-14(2)13-15-7-5-3-4-6-8-16-9-11-17-12-10-16/h14-15H,3-13H2,1-2H3. The number of hydrogen-bond acceptors (Lipinski definition) is 3. The van der Waals surface area contributed by atoms with Crippen LogP contribution in [0, 0.1) is 5.92 Å². The fourth-order valence-electron chi connectivity index (χ4n) is 2.15. The lowest BCUT2D eigenvalue weighted by Crippen LogP contribution is -2.36. The summed E-state index contributed by atoms with van der Waals surface area (Å²) in [6.07, 6.45) is 5.43. The molecule has 0 aromatic carbocycles. The number of unbranched alkanes of at least 4 members (excludes halogenated alkanes) is 3. The zero-order valence-corrected chi connectivity index (χ0v) is 11.7. The average molecular weight is 242 g/mol. The molecule has 0 saturated carbocycles. The molecule has 0 aromatic rings. The van der Waals surface area contributed by atoms with E-state index < -0.39 is 0 Å². The van der Waals surface area contributed by atoms with E-state index in [0.29, 0.717) is 0 Å². The maximum Gasteiger partial charge on any atom is 0.0594 e. The molecule has 102 valence electrons. The van der Waals surface area contributed by atoms with Crippen LogP contribution in [-0.4, -0.2) is 50.8 Å². The summed E-state index contributed by atoms with van der Waals surface area (Å²) in [4.78, 5) is 2.53. The summed E-state index contributed by atoms with van der Waals surface area (Å²) in [6, 6.07) is 0. The number of hydrogen-bond donors (Lipinski definition) is 1. The zero-order valence-electron chi connectivity index (χ0n) is 11.7. The molecule has 1 heterocycles. The lowest BCUT2D eigenvalue weighted by atomic mass is 10.1. The van der Waals surface area contributed by atoms with E-state index in [2.05, 4.69) is 24.1 Å². The molecule has 0 radical (unpaired) electrons. The Bertz CT molecular complexity index is 168. The van der Waals surface area contributed by atoms with Crippen molar-refractivity contribution in [3.8, 4) is 0 Å². The van der Waals surface area contributed by atoms with E-state index in [9.17, 15) is 0 Å². The number of nitrogens with zero attached hydrogens (tertiary/aromatic N) is 1. The number of nitrogens with one attached hydrogen (secondary N) is 1. The minimum atomic E-state index is 0.774. The second-order valence-corrected chi connectivity index (χ2v) is 5.47. The first-order valence-electron chi connectivity index (χ1n) is 7.30. The molecule has 1 aliphatic heterocycles. The minimum absolute atomic E-state index is 0.774. The maximum atomic E-state index is 5.34. The highest BCUT2D eigenvalue weighted by atomic mass is 16.5. The third-order valence-corrected chi connectivity index (χ3v) is 3.23. The maximum absolute atomic E-state index is 5.34. The molecule has 1 saturated heterocycles. The molecule has 0 amide bonds. The molecule has 0 aliphatic carbocycles. The monoisotopic (exact) mass is 242 g/mol. The Morgan fingerprint density at radius 1 is 1.06 bits per heavy atom. The third-order valence-electron chi connectivity index (χ3n) is 3.23. The van der Waals surface area contributed by atoms with Crippen LogP contribution < -0.4 is 5.32 Å². The van der Waals surface area contributed by atoms with E-state index in [0.717, 1.165) is 38.8 Å². The Balaban J connectivity index is 1.78. The van der Waals surface area contributed by atoms with Gasteiger partial charge in [0.15, 0.2) is 0 Å². The highest BCUT2D eigenvalue weighted by Crippen LogP contribution is 2.03. The Hall–Kier alpha value is -0.120. The predicted molar refractivity (Wildman–Crippen MR) is 73.4 cm³/mol. The van der Waals surface area contributed by atoms with Crippen LogP contribution in [0.5, 0.6) is 0 Å². The van der Waals surface area contributed by atoms with Crippen LogP contribution in [0.4, 0.5) is 0 Å². The van der Waals surface area contributed by atoms with E-state index in [4.69, 9.17) is 4.74 Å². The van der Waals surface area contributed by atoms with Crippen LogP contribution in [0.15, 0.2) is 0 Å². The fourth-order valence-corrected chi connectivity index (χ4v) is 2.15. The molecule has 1 rings (SSSR count). The van der Waals surface area contributed by atoms with Gasteiger partial charge in [0, 0.05) is 13.1 Å². The van der Waals surface area contributed by atoms with Crippen molar-refractivity contribution in [3.05, 3.63) is 0 Å². The average Bonchev–Trinajstić information content (AvgIpc) is 2.33. The highest BCUT2D eigenvalue weighted by molar-refractivity contribution is 4.61. The molecule has 3 nitrogen and oxygen atoms in total. The van der Waals surface area contributed by atoms with Gasteiger partial charge in [0.05, 0.1) is 13.2 Å². The Kier molecular flexibility index (Phi) is 8.67. The van der Waals surface area contributed by atoms with Crippen molar-refractivity contribution in [2.75, 3.05) is 45.9 Å². The molecule has 1 N–H and O–H groups in total. The van der Waals surface area contributed by atoms with Gasteiger partial charge in [-0.1, -0.05) is 26.7 Å². The van der Waals surface area contributed by atoms with Gasteiger partial charge in [-0.3, -0.25) is 4.90 Å². The van der Waals surface area contributed by atoms with Crippen molar-refractivity contribution in [2.45, 2.75) is 39.5 Å². The van der Waals surface area contributed by atoms with Crippen LogP contribution in [0.3, 0.4) is 0 Å². The topological polar surface area (TPSA) is 24.5 Å². The predicted octanol–water partition coefficient (Wildman–Crippen LogP) is 2.12. The minimum Gasteiger partial charge on any atom is -0.379 e. The summed E-state index contributed by atoms with van der Waals surface area (Å²) in [5.41, 5.74) is 0. The molecule has 3 heteroatoms. The van der Waals surface area contributed by atoms with Gasteiger partial charge in [0.25, 0.3) is 0 Å². The third kappa shape index (κ3) is 8.58. The van der Waals surface area contributed by atoms with Gasteiger partial charge < -0.3 is 10.1 Å². The van der Waals surface area contributed by atoms with E-state index in [1.807, 2.05) is 0 Å². The number of ether oxygens (including phenoxy) is 1. The van der Waals surface area contributed by atoms with Gasteiger partial charge in [-0.2, -0.15) is 0 Å². The summed E-state index contributed by atoms with van der Waals surface area (Å²) in [5.74, 6) is 0.774. The van der Waals surface area contributed by atoms with E-state index in [1.54, 1.807) is 0 Å². The van der Waals surface area contributed by atoms with Gasteiger partial charge in [-0.25, -0.2) is 0 Å². The van der Waals surface area contributed by atoms with E-state index >= 15 is 0 Å². The molecule has 0 aromatic heterocycles. The van der Waals surface area contributed by atoms with Gasteiger partial charge in [-0.15, -0.1) is 0 Å². The van der Waals surface area contributed by atoms with Crippen LogP contribution in [0.1, 0.15) is 39.5 Å². The van der Waals surface area contributed by atoms with Crippen molar-refractivity contribution >= 4 is 0 Å². The molecular formula is C14H30N2O. The first-order valence-corrected chi connectivity index (χ1v) is 7.30. The van der Waals surface area contributed by atoms with Gasteiger partial charge in [0.2, 0.25) is 0 Å². The lowest BCUT2D eigenvalue weighted by molar-refractivity contribution is 0.0371. The molecule has 0 spiro atoms. The normalized spacial score (nSPS) is 17.8. The molecule has 1 aliphatic rings. The Morgan fingerprint density at radius 3 is 2.47 bits per heavy atom. The summed E-state index contributed by atoms with van der Waals surface area (Å²) in [7, 11) is 0. The summed E-state index contributed by atoms with van der Waals surface area (Å²) in [6.45, 7) is 12.3. The van der Waals surface area contributed by atoms with Crippen molar-refractivity contribution in [3.63, 3.8) is 0 Å². The van der Waals surface area contributed by atoms with Crippen LogP contribution in [-0.2, 0) is 4.74 Å². The van der Waals surface area contributed by atoms with Crippen LogP contribution in [0.2, 0.25) is 0 Å². The van der Waals surface area contributed by atoms with Gasteiger partial charge in [0.1, 0.15) is 0 Å². The quantitative estimate of drug-likeness (QED) is 0.627. The van der Waals surface area contributed by atoms with Crippen molar-refractivity contribution in [1.82, 2.24) is 10.2 Å². The van der Waals surface area contributed by atoms with Crippen molar-refractivity contribution < 1.29 is 4.74 Å². The SMILES string of the molecule is CC(C)CNCCCCCCN1CCOCC1. The Labute approximate surface area is 107 Å². The van der Waals surface area contributed by atoms with Crippen LogP contribution in [0.25, 0.3) is 0 Å². The highest BCUT2D eigenvalue weighted by Gasteiger charge is 2.08. The Morgan fingerprint density at radius 2 is 1.76 bits per heavy atom. The molecule has 1 fully saturated rings. The van der Waals surface area contributed by atoms with Crippen molar-refractivity contribution in [1.29, 1.82) is 0 Å².